The van der Waals surface area contributed by atoms with Gasteiger partial charge in [-0.2, -0.15) is 18.3 Å². The summed E-state index contributed by atoms with van der Waals surface area (Å²) in [4.78, 5) is 20.0. The number of nitrogens with zero attached hydrogens (tertiary/aromatic N) is 5. The Morgan fingerprint density at radius 1 is 1.15 bits per heavy atom. The van der Waals surface area contributed by atoms with E-state index in [1.165, 1.54) is 0 Å². The smallest absolute Gasteiger partial charge is 0.354 e. The molecule has 0 radical (unpaired) electrons. The van der Waals surface area contributed by atoms with Crippen molar-refractivity contribution in [3.05, 3.63) is 89.8 Å². The van der Waals surface area contributed by atoms with Gasteiger partial charge in [0.2, 0.25) is 0 Å². The summed E-state index contributed by atoms with van der Waals surface area (Å²) in [5.74, 6) is 0.184. The lowest BCUT2D eigenvalue weighted by molar-refractivity contribution is -0.137. The van der Waals surface area contributed by atoms with E-state index in [4.69, 9.17) is 0 Å². The first kappa shape index (κ1) is 27.1. The van der Waals surface area contributed by atoms with Crippen LogP contribution in [0.3, 0.4) is 0 Å². The van der Waals surface area contributed by atoms with Gasteiger partial charge in [0.15, 0.2) is 0 Å². The molecule has 1 aromatic heterocycles. The van der Waals surface area contributed by atoms with E-state index in [9.17, 15) is 18.0 Å². The number of allylic oxidation sites excluding steroid dienone is 5. The van der Waals surface area contributed by atoms with Crippen molar-refractivity contribution in [1.29, 1.82) is 0 Å². The lowest BCUT2D eigenvalue weighted by Gasteiger charge is -2.34. The third kappa shape index (κ3) is 5.47. The highest BCUT2D eigenvalue weighted by molar-refractivity contribution is 6.04. The molecule has 0 saturated heterocycles. The van der Waals surface area contributed by atoms with E-state index < -0.39 is 17.6 Å². The van der Waals surface area contributed by atoms with Crippen molar-refractivity contribution in [1.82, 2.24) is 19.5 Å². The molecule has 2 aromatic rings. The highest BCUT2D eigenvalue weighted by atomic mass is 19.4. The largest absolute Gasteiger partial charge is 0.416 e. The Kier molecular flexibility index (Phi) is 7.09. The van der Waals surface area contributed by atoms with Crippen molar-refractivity contribution in [2.75, 3.05) is 12.4 Å². The van der Waals surface area contributed by atoms with Gasteiger partial charge in [-0.05, 0) is 68.4 Å². The molecule has 0 fully saturated rings. The Hall–Kier alpha value is -4.08. The minimum atomic E-state index is -4.57. The van der Waals surface area contributed by atoms with Crippen LogP contribution in [0.25, 0.3) is 5.69 Å². The first-order chi connectivity index (χ1) is 19.7. The van der Waals surface area contributed by atoms with E-state index in [1.54, 1.807) is 29.4 Å². The molecule has 41 heavy (non-hydrogen) atoms. The van der Waals surface area contributed by atoms with Gasteiger partial charge in [-0.1, -0.05) is 25.2 Å². The average molecular weight is 563 g/mol. The fourth-order valence-corrected chi connectivity index (χ4v) is 6.10. The van der Waals surface area contributed by atoms with Gasteiger partial charge in [0.05, 0.1) is 23.3 Å². The van der Waals surface area contributed by atoms with Crippen molar-refractivity contribution in [2.45, 2.75) is 57.3 Å². The van der Waals surface area contributed by atoms with Gasteiger partial charge >= 0.3 is 6.18 Å². The van der Waals surface area contributed by atoms with Crippen LogP contribution in [-0.2, 0) is 11.0 Å². The van der Waals surface area contributed by atoms with E-state index in [0.29, 0.717) is 24.1 Å². The standard InChI is InChI=1S/C31H33F3N6O/c1-20-10-11-22(13-26(20)28-18-38(2)29-9-6-12-36-40(28)29)30(41)37-24-14-23(31(32,33)34)15-25(16-24)39-17-27(35-19-39)21-7-4-3-5-8-21/h3-4,6,9,11-12,14-21,26,29H,5,7-8,10,13H2,1-2H3,(H,37,41). The third-order valence-corrected chi connectivity index (χ3v) is 8.45. The molecule has 4 aliphatic rings. The monoisotopic (exact) mass is 562 g/mol. The third-order valence-electron chi connectivity index (χ3n) is 8.45. The lowest BCUT2D eigenvalue weighted by Crippen LogP contribution is -2.37. The number of nitrogens with one attached hydrogen (secondary N) is 1. The number of aromatic nitrogens is 2. The molecule has 0 spiro atoms. The van der Waals surface area contributed by atoms with Crippen LogP contribution in [0.2, 0.25) is 0 Å². The number of fused-ring (bicyclic) bond motifs is 1. The SMILES string of the molecule is CC1CC=C(C(=O)Nc2cc(-n3cnc(C4CC=CCC4)c3)cc(C(F)(F)F)c2)CC1C1=CN(C)C2C=CC=NN12. The van der Waals surface area contributed by atoms with Crippen LogP contribution in [0.4, 0.5) is 18.9 Å². The quantitative estimate of drug-likeness (QED) is 0.418. The highest BCUT2D eigenvalue weighted by Crippen LogP contribution is 2.41. The van der Waals surface area contributed by atoms with E-state index >= 15 is 0 Å². The topological polar surface area (TPSA) is 65.8 Å². The van der Waals surface area contributed by atoms with Crippen LogP contribution in [0.1, 0.15) is 56.2 Å². The number of rotatable bonds is 5. The van der Waals surface area contributed by atoms with Gasteiger partial charge in [-0.3, -0.25) is 4.79 Å². The molecule has 10 heteroatoms. The second-order valence-corrected chi connectivity index (χ2v) is 11.3. The first-order valence-corrected chi connectivity index (χ1v) is 14.0. The normalized spacial score (nSPS) is 25.7. The molecule has 4 unspecified atom stereocenters. The zero-order chi connectivity index (χ0) is 28.7. The summed E-state index contributed by atoms with van der Waals surface area (Å²) in [5.41, 5.74) is 2.02. The Balaban J connectivity index is 1.23. The summed E-state index contributed by atoms with van der Waals surface area (Å²) >= 11 is 0. The molecule has 2 aliphatic heterocycles. The van der Waals surface area contributed by atoms with Crippen LogP contribution in [0.15, 0.2) is 83.7 Å². The Morgan fingerprint density at radius 3 is 2.78 bits per heavy atom. The number of hydrazone groups is 1. The maximum Gasteiger partial charge on any atom is 0.416 e. The average Bonchev–Trinajstić information content (AvgIpc) is 3.59. The van der Waals surface area contributed by atoms with Crippen molar-refractivity contribution in [3.8, 4) is 5.69 Å². The molecular weight excluding hydrogens is 529 g/mol. The summed E-state index contributed by atoms with van der Waals surface area (Å²) in [6.07, 6.45) is 16.7. The Morgan fingerprint density at radius 2 is 2.00 bits per heavy atom. The van der Waals surface area contributed by atoms with E-state index in [0.717, 1.165) is 42.8 Å². The second-order valence-electron chi connectivity index (χ2n) is 11.3. The molecular formula is C31H33F3N6O. The summed E-state index contributed by atoms with van der Waals surface area (Å²) in [5, 5.41) is 9.28. The van der Waals surface area contributed by atoms with Crippen LogP contribution in [0, 0.1) is 11.8 Å². The second kappa shape index (κ2) is 10.7. The van der Waals surface area contributed by atoms with Crippen molar-refractivity contribution < 1.29 is 18.0 Å². The molecule has 0 bridgehead atoms. The number of halogens is 3. The fraction of sp³-hybridized carbons (Fsp3) is 0.387. The number of imidazole rings is 1. The molecule has 1 amide bonds. The predicted octanol–water partition coefficient (Wildman–Crippen LogP) is 6.60. The van der Waals surface area contributed by atoms with Crippen molar-refractivity contribution in [3.63, 3.8) is 0 Å². The molecule has 2 aliphatic carbocycles. The number of hydrogen-bond acceptors (Lipinski definition) is 5. The van der Waals surface area contributed by atoms with Gasteiger partial charge in [0.1, 0.15) is 6.17 Å². The molecule has 1 aromatic carbocycles. The number of benzene rings is 1. The minimum absolute atomic E-state index is 0.00665. The number of alkyl halides is 3. The van der Waals surface area contributed by atoms with E-state index in [-0.39, 0.29) is 29.6 Å². The summed E-state index contributed by atoms with van der Waals surface area (Å²) in [6.45, 7) is 2.15. The molecule has 0 saturated carbocycles. The molecule has 4 atom stereocenters. The molecule has 6 rings (SSSR count). The van der Waals surface area contributed by atoms with Gasteiger partial charge in [0, 0.05) is 54.4 Å². The first-order valence-electron chi connectivity index (χ1n) is 14.0. The van der Waals surface area contributed by atoms with Gasteiger partial charge in [-0.15, -0.1) is 0 Å². The van der Waals surface area contributed by atoms with Crippen LogP contribution in [-0.4, -0.2) is 44.8 Å². The fourth-order valence-electron chi connectivity index (χ4n) is 6.10. The van der Waals surface area contributed by atoms with Crippen LogP contribution < -0.4 is 5.32 Å². The number of carbonyl (C=O) groups excluding carboxylic acids is 1. The van der Waals surface area contributed by atoms with Gasteiger partial charge < -0.3 is 14.8 Å². The molecule has 7 nitrogen and oxygen atoms in total. The van der Waals surface area contributed by atoms with Gasteiger partial charge in [-0.25, -0.2) is 9.99 Å². The minimum Gasteiger partial charge on any atom is -0.354 e. The lowest BCUT2D eigenvalue weighted by atomic mass is 9.78. The predicted molar refractivity (Wildman–Crippen MR) is 152 cm³/mol. The van der Waals surface area contributed by atoms with Crippen LogP contribution >= 0.6 is 0 Å². The summed E-state index contributed by atoms with van der Waals surface area (Å²) in [6, 6.07) is 3.64. The Labute approximate surface area is 237 Å². The van der Waals surface area contributed by atoms with E-state index in [2.05, 4.69) is 51.7 Å². The maximum atomic E-state index is 13.9. The van der Waals surface area contributed by atoms with Crippen molar-refractivity contribution >= 4 is 17.8 Å². The molecule has 1 N–H and O–H groups in total. The maximum absolute atomic E-state index is 13.9. The number of amides is 1. The molecule has 3 heterocycles. The number of likely N-dealkylation sites (N-methyl/N-ethyl adjacent to an activating group) is 1. The van der Waals surface area contributed by atoms with E-state index in [1.807, 2.05) is 24.2 Å². The van der Waals surface area contributed by atoms with Crippen molar-refractivity contribution in [2.24, 2.45) is 16.9 Å². The Bertz CT molecular complexity index is 1480. The van der Waals surface area contributed by atoms with Crippen LogP contribution in [0.5, 0.6) is 0 Å². The number of carbonyl (C=O) groups is 1. The summed E-state index contributed by atoms with van der Waals surface area (Å²) in [7, 11) is 1.99. The van der Waals surface area contributed by atoms with Gasteiger partial charge in [0.25, 0.3) is 5.91 Å². The summed E-state index contributed by atoms with van der Waals surface area (Å²) < 4.78 is 43.3. The number of hydrogen-bond donors (Lipinski definition) is 1. The zero-order valence-electron chi connectivity index (χ0n) is 23.1. The highest BCUT2D eigenvalue weighted by Gasteiger charge is 2.38. The number of anilines is 1. The zero-order valence-corrected chi connectivity index (χ0v) is 23.1. The molecule has 214 valence electrons.